The summed E-state index contributed by atoms with van der Waals surface area (Å²) in [6, 6.07) is 15.4. The van der Waals surface area contributed by atoms with Gasteiger partial charge in [-0.2, -0.15) is 0 Å². The van der Waals surface area contributed by atoms with Crippen LogP contribution >= 0.6 is 0 Å². The summed E-state index contributed by atoms with van der Waals surface area (Å²) in [5.41, 5.74) is 3.71. The third-order valence-electron chi connectivity index (χ3n) is 3.84. The maximum Gasteiger partial charge on any atom is 0.270 e. The zero-order chi connectivity index (χ0) is 18.5. The largest absolute Gasteiger partial charge is 0.347 e. The molecule has 132 valence electrons. The van der Waals surface area contributed by atoms with Crippen LogP contribution in [0, 0.1) is 19.7 Å². The molecule has 0 unspecified atom stereocenters. The number of hydrogen-bond acceptors (Lipinski definition) is 4. The molecule has 3 aromatic rings. The van der Waals surface area contributed by atoms with Crippen molar-refractivity contribution in [3.8, 4) is 0 Å². The summed E-state index contributed by atoms with van der Waals surface area (Å²) in [5.74, 6) is -0.252. The van der Waals surface area contributed by atoms with Gasteiger partial charge >= 0.3 is 0 Å². The first-order valence-electron chi connectivity index (χ1n) is 8.22. The lowest BCUT2D eigenvalue weighted by molar-refractivity contribution is 0.0945. The standard InChI is InChI=1S/C20H19FN4O/c1-13-5-3-4-6-17(13)24-20-23-14(2)11-18(25-20)19(26)22-12-15-7-9-16(21)10-8-15/h3-11H,12H2,1-2H3,(H,22,26)(H,23,24,25). The van der Waals surface area contributed by atoms with E-state index in [1.807, 2.05) is 38.1 Å². The molecule has 1 aromatic heterocycles. The second-order valence-corrected chi connectivity index (χ2v) is 5.97. The van der Waals surface area contributed by atoms with Crippen molar-refractivity contribution in [2.75, 3.05) is 5.32 Å². The minimum atomic E-state index is -0.312. The molecule has 2 aromatic carbocycles. The summed E-state index contributed by atoms with van der Waals surface area (Å²) in [7, 11) is 0. The molecule has 0 radical (unpaired) electrons. The first-order valence-corrected chi connectivity index (χ1v) is 8.22. The molecule has 0 saturated heterocycles. The Kier molecular flexibility index (Phi) is 5.22. The minimum Gasteiger partial charge on any atom is -0.347 e. The average molecular weight is 350 g/mol. The second kappa shape index (κ2) is 7.74. The van der Waals surface area contributed by atoms with E-state index in [0.29, 0.717) is 18.2 Å². The van der Waals surface area contributed by atoms with Crippen LogP contribution in [-0.2, 0) is 6.54 Å². The van der Waals surface area contributed by atoms with Gasteiger partial charge in [0.2, 0.25) is 5.95 Å². The van der Waals surface area contributed by atoms with E-state index < -0.39 is 0 Å². The number of para-hydroxylation sites is 1. The molecule has 0 fully saturated rings. The van der Waals surface area contributed by atoms with Crippen LogP contribution in [0.15, 0.2) is 54.6 Å². The molecule has 0 saturated carbocycles. The third kappa shape index (κ3) is 4.42. The van der Waals surface area contributed by atoms with Crippen LogP contribution in [0.5, 0.6) is 0 Å². The number of benzene rings is 2. The first-order chi connectivity index (χ1) is 12.5. The molecule has 26 heavy (non-hydrogen) atoms. The summed E-state index contributed by atoms with van der Waals surface area (Å²) in [6.45, 7) is 4.08. The number of anilines is 2. The van der Waals surface area contributed by atoms with E-state index in [0.717, 1.165) is 16.8 Å². The molecule has 0 aliphatic carbocycles. The molecule has 0 aliphatic heterocycles. The van der Waals surface area contributed by atoms with Crippen LogP contribution in [0.25, 0.3) is 0 Å². The summed E-state index contributed by atoms with van der Waals surface area (Å²) < 4.78 is 12.9. The van der Waals surface area contributed by atoms with E-state index >= 15 is 0 Å². The minimum absolute atomic E-state index is 0.274. The number of halogens is 1. The molecule has 5 nitrogen and oxygen atoms in total. The fourth-order valence-electron chi connectivity index (χ4n) is 2.45. The summed E-state index contributed by atoms with van der Waals surface area (Å²) in [5, 5.41) is 5.93. The predicted molar refractivity (Wildman–Crippen MR) is 98.8 cm³/mol. The number of hydrogen-bond donors (Lipinski definition) is 2. The summed E-state index contributed by atoms with van der Waals surface area (Å²) in [6.07, 6.45) is 0. The van der Waals surface area contributed by atoms with Crippen molar-refractivity contribution in [3.05, 3.63) is 82.9 Å². The highest BCUT2D eigenvalue weighted by atomic mass is 19.1. The Balaban J connectivity index is 1.73. The molecule has 1 amide bonds. The number of amides is 1. The fraction of sp³-hybridized carbons (Fsp3) is 0.150. The van der Waals surface area contributed by atoms with Crippen molar-refractivity contribution in [2.24, 2.45) is 0 Å². The lowest BCUT2D eigenvalue weighted by atomic mass is 10.2. The Bertz CT molecular complexity index is 925. The molecule has 2 N–H and O–H groups in total. The summed E-state index contributed by atoms with van der Waals surface area (Å²) in [4.78, 5) is 21.0. The van der Waals surface area contributed by atoms with Gasteiger partial charge in [-0.25, -0.2) is 14.4 Å². The highest BCUT2D eigenvalue weighted by Gasteiger charge is 2.11. The Morgan fingerprint density at radius 1 is 1.04 bits per heavy atom. The third-order valence-corrected chi connectivity index (χ3v) is 3.84. The van der Waals surface area contributed by atoms with E-state index in [1.54, 1.807) is 18.2 Å². The van der Waals surface area contributed by atoms with Gasteiger partial charge in [-0.3, -0.25) is 4.79 Å². The van der Waals surface area contributed by atoms with Gasteiger partial charge in [0.05, 0.1) is 0 Å². The van der Waals surface area contributed by atoms with Crippen LogP contribution in [0.3, 0.4) is 0 Å². The molecular formula is C20H19FN4O. The van der Waals surface area contributed by atoms with E-state index in [4.69, 9.17) is 0 Å². The SMILES string of the molecule is Cc1cc(C(=O)NCc2ccc(F)cc2)nc(Nc2ccccc2C)n1. The van der Waals surface area contributed by atoms with Gasteiger partial charge in [0, 0.05) is 17.9 Å². The van der Waals surface area contributed by atoms with Crippen LogP contribution < -0.4 is 10.6 Å². The smallest absolute Gasteiger partial charge is 0.270 e. The van der Waals surface area contributed by atoms with Crippen molar-refractivity contribution < 1.29 is 9.18 Å². The molecule has 3 rings (SSSR count). The van der Waals surface area contributed by atoms with Crippen LogP contribution in [0.4, 0.5) is 16.0 Å². The maximum absolute atomic E-state index is 12.9. The van der Waals surface area contributed by atoms with E-state index in [9.17, 15) is 9.18 Å². The quantitative estimate of drug-likeness (QED) is 0.732. The highest BCUT2D eigenvalue weighted by molar-refractivity contribution is 5.92. The normalized spacial score (nSPS) is 10.4. The van der Waals surface area contributed by atoms with Crippen molar-refractivity contribution in [1.29, 1.82) is 0 Å². The predicted octanol–water partition coefficient (Wildman–Crippen LogP) is 3.91. The van der Waals surface area contributed by atoms with Gasteiger partial charge in [-0.15, -0.1) is 0 Å². The zero-order valence-corrected chi connectivity index (χ0v) is 14.6. The van der Waals surface area contributed by atoms with Gasteiger partial charge in [-0.1, -0.05) is 30.3 Å². The number of rotatable bonds is 5. The van der Waals surface area contributed by atoms with E-state index in [1.165, 1.54) is 12.1 Å². The Morgan fingerprint density at radius 2 is 1.77 bits per heavy atom. The number of nitrogens with one attached hydrogen (secondary N) is 2. The van der Waals surface area contributed by atoms with Gasteiger partial charge in [-0.05, 0) is 49.2 Å². The van der Waals surface area contributed by atoms with Crippen LogP contribution in [0.2, 0.25) is 0 Å². The Hall–Kier alpha value is -3.28. The number of aryl methyl sites for hydroxylation is 2. The second-order valence-electron chi connectivity index (χ2n) is 5.97. The monoisotopic (exact) mass is 350 g/mol. The molecular weight excluding hydrogens is 331 g/mol. The molecule has 0 spiro atoms. The van der Waals surface area contributed by atoms with Crippen molar-refractivity contribution >= 4 is 17.5 Å². The first kappa shape index (κ1) is 17.5. The maximum atomic E-state index is 12.9. The number of aromatic nitrogens is 2. The Labute approximate surface area is 151 Å². The van der Waals surface area contributed by atoms with Crippen LogP contribution in [0.1, 0.15) is 27.3 Å². The van der Waals surface area contributed by atoms with Crippen molar-refractivity contribution in [3.63, 3.8) is 0 Å². The Morgan fingerprint density at radius 3 is 2.50 bits per heavy atom. The van der Waals surface area contributed by atoms with Gasteiger partial charge in [0.25, 0.3) is 5.91 Å². The lowest BCUT2D eigenvalue weighted by Gasteiger charge is -2.10. The molecule has 0 bridgehead atoms. The zero-order valence-electron chi connectivity index (χ0n) is 14.6. The van der Waals surface area contributed by atoms with Gasteiger partial charge < -0.3 is 10.6 Å². The van der Waals surface area contributed by atoms with E-state index in [-0.39, 0.29) is 17.4 Å². The number of carbonyl (C=O) groups is 1. The summed E-state index contributed by atoms with van der Waals surface area (Å²) >= 11 is 0. The molecule has 0 aliphatic rings. The highest BCUT2D eigenvalue weighted by Crippen LogP contribution is 2.18. The number of nitrogens with zero attached hydrogens (tertiary/aromatic N) is 2. The molecule has 1 heterocycles. The van der Waals surface area contributed by atoms with Gasteiger partial charge in [0.15, 0.2) is 0 Å². The van der Waals surface area contributed by atoms with Gasteiger partial charge in [0.1, 0.15) is 11.5 Å². The van der Waals surface area contributed by atoms with Crippen LogP contribution in [-0.4, -0.2) is 15.9 Å². The molecule has 0 atom stereocenters. The number of carbonyl (C=O) groups excluding carboxylic acids is 1. The molecule has 6 heteroatoms. The van der Waals surface area contributed by atoms with Crippen molar-refractivity contribution in [2.45, 2.75) is 20.4 Å². The van der Waals surface area contributed by atoms with E-state index in [2.05, 4.69) is 20.6 Å². The fourth-order valence-corrected chi connectivity index (χ4v) is 2.45. The average Bonchev–Trinajstić information content (AvgIpc) is 2.62. The topological polar surface area (TPSA) is 66.9 Å². The van der Waals surface area contributed by atoms with Crippen molar-refractivity contribution in [1.82, 2.24) is 15.3 Å². The lowest BCUT2D eigenvalue weighted by Crippen LogP contribution is -2.24.